The standard InChI is InChI=1S/C25H26N2O4S/c1-16-10-11-19(12-17(16)2)32-15-24(28)26-20-13-23(31-4)21(14-22(20)30-3)27-25(29)18-8-6-5-7-9-18/h5-14H,15H2,1-4H3,(H,26,28)(H,27,29). The van der Waals surface area contributed by atoms with Crippen LogP contribution in [0.4, 0.5) is 11.4 Å². The van der Waals surface area contributed by atoms with Gasteiger partial charge >= 0.3 is 0 Å². The van der Waals surface area contributed by atoms with Crippen LogP contribution in [0.15, 0.2) is 65.6 Å². The number of hydrogen-bond donors (Lipinski definition) is 2. The van der Waals surface area contributed by atoms with Gasteiger partial charge in [0.1, 0.15) is 11.5 Å². The monoisotopic (exact) mass is 450 g/mol. The number of benzene rings is 3. The molecule has 0 unspecified atom stereocenters. The molecule has 32 heavy (non-hydrogen) atoms. The SMILES string of the molecule is COc1cc(NC(=O)c2ccccc2)c(OC)cc1NC(=O)CSc1ccc(C)c(C)c1. The zero-order valence-corrected chi connectivity index (χ0v) is 19.3. The number of methoxy groups -OCH3 is 2. The number of anilines is 2. The Balaban J connectivity index is 1.72. The van der Waals surface area contributed by atoms with Crippen LogP contribution in [0.2, 0.25) is 0 Å². The van der Waals surface area contributed by atoms with Crippen molar-refractivity contribution >= 4 is 35.0 Å². The molecule has 3 aromatic rings. The summed E-state index contributed by atoms with van der Waals surface area (Å²) in [6.45, 7) is 4.11. The van der Waals surface area contributed by atoms with E-state index in [9.17, 15) is 9.59 Å². The molecule has 0 aromatic heterocycles. The third-order valence-electron chi connectivity index (χ3n) is 4.93. The van der Waals surface area contributed by atoms with Crippen molar-refractivity contribution in [1.82, 2.24) is 0 Å². The maximum atomic E-state index is 12.6. The van der Waals surface area contributed by atoms with Crippen molar-refractivity contribution in [2.75, 3.05) is 30.6 Å². The first-order chi connectivity index (χ1) is 15.4. The summed E-state index contributed by atoms with van der Waals surface area (Å²) in [6.07, 6.45) is 0. The molecular formula is C25H26N2O4S. The molecule has 0 atom stereocenters. The third kappa shape index (κ3) is 5.82. The van der Waals surface area contributed by atoms with Gasteiger partial charge < -0.3 is 20.1 Å². The molecule has 7 heteroatoms. The van der Waals surface area contributed by atoms with Gasteiger partial charge in [-0.15, -0.1) is 11.8 Å². The lowest BCUT2D eigenvalue weighted by Crippen LogP contribution is -2.16. The molecule has 0 fully saturated rings. The Labute approximate surface area is 192 Å². The fourth-order valence-electron chi connectivity index (χ4n) is 3.02. The van der Waals surface area contributed by atoms with Crippen LogP contribution in [0.1, 0.15) is 21.5 Å². The predicted octanol–water partition coefficient (Wildman–Crippen LogP) is 5.30. The summed E-state index contributed by atoms with van der Waals surface area (Å²) in [5.41, 5.74) is 3.84. The fraction of sp³-hybridized carbons (Fsp3) is 0.200. The van der Waals surface area contributed by atoms with Crippen LogP contribution < -0.4 is 20.1 Å². The van der Waals surface area contributed by atoms with E-state index in [2.05, 4.69) is 30.5 Å². The van der Waals surface area contributed by atoms with Crippen molar-refractivity contribution in [3.8, 4) is 11.5 Å². The molecule has 0 aliphatic carbocycles. The third-order valence-corrected chi connectivity index (χ3v) is 5.92. The molecule has 0 saturated carbocycles. The van der Waals surface area contributed by atoms with E-state index in [0.29, 0.717) is 28.4 Å². The van der Waals surface area contributed by atoms with Gasteiger partial charge in [0.25, 0.3) is 5.91 Å². The molecule has 6 nitrogen and oxygen atoms in total. The summed E-state index contributed by atoms with van der Waals surface area (Å²) < 4.78 is 10.9. The smallest absolute Gasteiger partial charge is 0.255 e. The minimum absolute atomic E-state index is 0.172. The Morgan fingerprint density at radius 1 is 0.812 bits per heavy atom. The number of amides is 2. The van der Waals surface area contributed by atoms with Gasteiger partial charge in [-0.05, 0) is 49.2 Å². The Morgan fingerprint density at radius 2 is 1.44 bits per heavy atom. The van der Waals surface area contributed by atoms with Crippen LogP contribution in [-0.2, 0) is 4.79 Å². The van der Waals surface area contributed by atoms with Gasteiger partial charge in [0.05, 0.1) is 31.3 Å². The lowest BCUT2D eigenvalue weighted by Gasteiger charge is -2.16. The highest BCUT2D eigenvalue weighted by Gasteiger charge is 2.16. The molecule has 2 amide bonds. The van der Waals surface area contributed by atoms with E-state index >= 15 is 0 Å². The first kappa shape index (κ1) is 23.2. The average Bonchev–Trinajstić information content (AvgIpc) is 2.81. The second-order valence-corrected chi connectivity index (χ2v) is 8.20. The molecule has 0 bridgehead atoms. The van der Waals surface area contributed by atoms with Gasteiger partial charge in [-0.3, -0.25) is 9.59 Å². The summed E-state index contributed by atoms with van der Waals surface area (Å²) >= 11 is 1.46. The molecule has 0 saturated heterocycles. The van der Waals surface area contributed by atoms with E-state index in [1.54, 1.807) is 36.4 Å². The Hall–Kier alpha value is -3.45. The molecule has 0 aliphatic rings. The quantitative estimate of drug-likeness (QED) is 0.455. The Kier molecular flexibility index (Phi) is 7.78. The highest BCUT2D eigenvalue weighted by molar-refractivity contribution is 8.00. The van der Waals surface area contributed by atoms with Crippen LogP contribution in [-0.4, -0.2) is 31.8 Å². The lowest BCUT2D eigenvalue weighted by atomic mass is 10.1. The summed E-state index contributed by atoms with van der Waals surface area (Å²) in [5, 5.41) is 5.70. The summed E-state index contributed by atoms with van der Waals surface area (Å²) in [4.78, 5) is 26.1. The topological polar surface area (TPSA) is 76.7 Å². The van der Waals surface area contributed by atoms with E-state index in [4.69, 9.17) is 9.47 Å². The van der Waals surface area contributed by atoms with Crippen molar-refractivity contribution in [3.05, 3.63) is 77.4 Å². The van der Waals surface area contributed by atoms with Gasteiger partial charge in [0.15, 0.2) is 0 Å². The molecule has 3 rings (SSSR count). The van der Waals surface area contributed by atoms with Crippen LogP contribution >= 0.6 is 11.8 Å². The van der Waals surface area contributed by atoms with Gasteiger partial charge in [-0.25, -0.2) is 0 Å². The molecule has 0 aliphatic heterocycles. The number of carbonyl (C=O) groups excluding carboxylic acids is 2. The number of carbonyl (C=O) groups is 2. The number of ether oxygens (including phenoxy) is 2. The zero-order chi connectivity index (χ0) is 23.1. The molecule has 0 heterocycles. The maximum absolute atomic E-state index is 12.6. The average molecular weight is 451 g/mol. The van der Waals surface area contributed by atoms with Gasteiger partial charge in [0, 0.05) is 22.6 Å². The molecule has 0 radical (unpaired) electrons. The van der Waals surface area contributed by atoms with Crippen LogP contribution in [0, 0.1) is 13.8 Å². The number of thioether (sulfide) groups is 1. The second kappa shape index (κ2) is 10.7. The highest BCUT2D eigenvalue weighted by atomic mass is 32.2. The van der Waals surface area contributed by atoms with Crippen molar-refractivity contribution in [2.45, 2.75) is 18.7 Å². The largest absolute Gasteiger partial charge is 0.494 e. The second-order valence-electron chi connectivity index (χ2n) is 7.16. The highest BCUT2D eigenvalue weighted by Crippen LogP contribution is 2.37. The molecule has 166 valence electrons. The normalized spacial score (nSPS) is 10.4. The first-order valence-electron chi connectivity index (χ1n) is 10.0. The van der Waals surface area contributed by atoms with Crippen molar-refractivity contribution in [1.29, 1.82) is 0 Å². The molecule has 3 aromatic carbocycles. The van der Waals surface area contributed by atoms with Gasteiger partial charge in [-0.2, -0.15) is 0 Å². The Bertz CT molecular complexity index is 1120. The van der Waals surface area contributed by atoms with Crippen molar-refractivity contribution in [2.24, 2.45) is 0 Å². The van der Waals surface area contributed by atoms with E-state index < -0.39 is 0 Å². The van der Waals surface area contributed by atoms with Gasteiger partial charge in [0.2, 0.25) is 5.91 Å². The summed E-state index contributed by atoms with van der Waals surface area (Å²) in [7, 11) is 3.01. The van der Waals surface area contributed by atoms with E-state index in [1.807, 2.05) is 18.2 Å². The zero-order valence-electron chi connectivity index (χ0n) is 18.5. The lowest BCUT2D eigenvalue weighted by molar-refractivity contribution is -0.113. The van der Waals surface area contributed by atoms with E-state index in [-0.39, 0.29) is 17.6 Å². The number of nitrogens with one attached hydrogen (secondary N) is 2. The first-order valence-corrected chi connectivity index (χ1v) is 11.0. The number of rotatable bonds is 8. The van der Waals surface area contributed by atoms with E-state index in [0.717, 1.165) is 4.90 Å². The van der Waals surface area contributed by atoms with Crippen LogP contribution in [0.3, 0.4) is 0 Å². The maximum Gasteiger partial charge on any atom is 0.255 e. The summed E-state index contributed by atoms with van der Waals surface area (Å²) in [5.74, 6) is 0.633. The minimum atomic E-state index is -0.271. The van der Waals surface area contributed by atoms with Crippen molar-refractivity contribution in [3.63, 3.8) is 0 Å². The number of hydrogen-bond acceptors (Lipinski definition) is 5. The van der Waals surface area contributed by atoms with Crippen LogP contribution in [0.25, 0.3) is 0 Å². The fourth-order valence-corrected chi connectivity index (χ4v) is 3.81. The van der Waals surface area contributed by atoms with E-state index in [1.165, 1.54) is 37.1 Å². The predicted molar refractivity (Wildman–Crippen MR) is 129 cm³/mol. The van der Waals surface area contributed by atoms with Crippen molar-refractivity contribution < 1.29 is 19.1 Å². The Morgan fingerprint density at radius 3 is 2.03 bits per heavy atom. The number of aryl methyl sites for hydroxylation is 2. The molecular weight excluding hydrogens is 424 g/mol. The van der Waals surface area contributed by atoms with Crippen LogP contribution in [0.5, 0.6) is 11.5 Å². The summed E-state index contributed by atoms with van der Waals surface area (Å²) in [6, 6.07) is 18.3. The van der Waals surface area contributed by atoms with Gasteiger partial charge in [-0.1, -0.05) is 24.3 Å². The minimum Gasteiger partial charge on any atom is -0.494 e. The molecule has 2 N–H and O–H groups in total. The molecule has 0 spiro atoms.